The number of ketones is 1. The Morgan fingerprint density at radius 2 is 1.38 bits per heavy atom. The lowest BCUT2D eigenvalue weighted by Crippen LogP contribution is -2.39. The van der Waals surface area contributed by atoms with Crippen molar-refractivity contribution in [3.63, 3.8) is 0 Å². The van der Waals surface area contributed by atoms with Gasteiger partial charge < -0.3 is 29.0 Å². The molecule has 11 nitrogen and oxygen atoms in total. The van der Waals surface area contributed by atoms with Crippen LogP contribution < -0.4 is 29.2 Å². The zero-order valence-electron chi connectivity index (χ0n) is 23.8. The lowest BCUT2D eigenvalue weighted by atomic mass is 10.1. The number of anilines is 1. The van der Waals surface area contributed by atoms with Crippen LogP contribution in [0.25, 0.3) is 0 Å². The van der Waals surface area contributed by atoms with E-state index in [-0.39, 0.29) is 23.8 Å². The van der Waals surface area contributed by atoms with Crippen molar-refractivity contribution in [3.8, 4) is 23.0 Å². The first-order valence-corrected chi connectivity index (χ1v) is 13.1. The molecule has 1 heterocycles. The summed E-state index contributed by atoms with van der Waals surface area (Å²) in [5.74, 6) is 0.240. The molecule has 11 heteroatoms. The molecule has 0 radical (unpaired) electrons. The number of esters is 1. The summed E-state index contributed by atoms with van der Waals surface area (Å²) in [6.45, 7) is -0.00433. The Morgan fingerprint density at radius 3 is 2.02 bits per heavy atom. The highest BCUT2D eigenvalue weighted by Gasteiger charge is 2.39. The van der Waals surface area contributed by atoms with E-state index in [4.69, 9.17) is 23.7 Å². The van der Waals surface area contributed by atoms with E-state index in [2.05, 4.69) is 5.32 Å². The zero-order chi connectivity index (χ0) is 30.2. The second-order valence-corrected chi connectivity index (χ2v) is 9.33. The van der Waals surface area contributed by atoms with E-state index >= 15 is 0 Å². The quantitative estimate of drug-likeness (QED) is 0.184. The minimum atomic E-state index is -0.718. The summed E-state index contributed by atoms with van der Waals surface area (Å²) in [4.78, 5) is 51.9. The van der Waals surface area contributed by atoms with Crippen molar-refractivity contribution in [3.05, 3.63) is 77.4 Å². The van der Waals surface area contributed by atoms with Crippen molar-refractivity contribution in [2.75, 3.05) is 46.5 Å². The SMILES string of the molecule is COc1ccc(CCNC2CC(=O)N(c3ccc(C(=O)OCC(=O)c4ccc(OC)c(OC)c4)cc3)C2=O)cc1OC. The summed E-state index contributed by atoms with van der Waals surface area (Å²) < 4.78 is 26.1. The molecule has 1 N–H and O–H groups in total. The van der Waals surface area contributed by atoms with Gasteiger partial charge in [-0.15, -0.1) is 0 Å². The number of nitrogens with one attached hydrogen (secondary N) is 1. The first-order valence-electron chi connectivity index (χ1n) is 13.1. The number of nitrogens with zero attached hydrogens (tertiary/aromatic N) is 1. The van der Waals surface area contributed by atoms with Crippen LogP contribution in [-0.4, -0.2) is 71.2 Å². The average Bonchev–Trinajstić information content (AvgIpc) is 3.31. The van der Waals surface area contributed by atoms with Crippen molar-refractivity contribution >= 4 is 29.3 Å². The molecule has 0 aromatic heterocycles. The number of rotatable bonds is 13. The summed E-state index contributed by atoms with van der Waals surface area (Å²) in [5.41, 5.74) is 1.80. The normalized spacial score (nSPS) is 14.5. The van der Waals surface area contributed by atoms with E-state index < -0.39 is 24.4 Å². The summed E-state index contributed by atoms with van der Waals surface area (Å²) in [6.07, 6.45) is 0.635. The van der Waals surface area contributed by atoms with Gasteiger partial charge in [0.1, 0.15) is 0 Å². The van der Waals surface area contributed by atoms with Gasteiger partial charge in [0.15, 0.2) is 35.4 Å². The number of methoxy groups -OCH3 is 4. The van der Waals surface area contributed by atoms with Crippen LogP contribution in [0.2, 0.25) is 0 Å². The van der Waals surface area contributed by atoms with Gasteiger partial charge in [-0.1, -0.05) is 6.07 Å². The maximum atomic E-state index is 13.0. The maximum absolute atomic E-state index is 13.0. The number of amides is 2. The lowest BCUT2D eigenvalue weighted by Gasteiger charge is -2.16. The molecule has 3 aromatic rings. The minimum absolute atomic E-state index is 0.0207. The number of carbonyl (C=O) groups is 4. The molecule has 1 aliphatic rings. The summed E-state index contributed by atoms with van der Waals surface area (Å²) in [6, 6.07) is 15.5. The van der Waals surface area contributed by atoms with E-state index in [1.54, 1.807) is 26.4 Å². The van der Waals surface area contributed by atoms with Crippen molar-refractivity contribution in [2.24, 2.45) is 0 Å². The minimum Gasteiger partial charge on any atom is -0.493 e. The molecule has 220 valence electrons. The molecule has 1 unspecified atom stereocenters. The van der Waals surface area contributed by atoms with Crippen LogP contribution in [0.1, 0.15) is 32.7 Å². The molecule has 0 saturated carbocycles. The molecule has 1 fully saturated rings. The fourth-order valence-electron chi connectivity index (χ4n) is 4.54. The van der Waals surface area contributed by atoms with Gasteiger partial charge in [-0.3, -0.25) is 14.4 Å². The second-order valence-electron chi connectivity index (χ2n) is 9.33. The second kappa shape index (κ2) is 13.6. The Morgan fingerprint density at radius 1 is 0.786 bits per heavy atom. The molecule has 0 bridgehead atoms. The van der Waals surface area contributed by atoms with Crippen molar-refractivity contribution in [1.29, 1.82) is 0 Å². The Bertz CT molecular complexity index is 1470. The van der Waals surface area contributed by atoms with E-state index in [9.17, 15) is 19.2 Å². The predicted octanol–water partition coefficient (Wildman–Crippen LogP) is 3.22. The highest BCUT2D eigenvalue weighted by molar-refractivity contribution is 6.22. The highest BCUT2D eigenvalue weighted by atomic mass is 16.5. The Labute approximate surface area is 243 Å². The largest absolute Gasteiger partial charge is 0.493 e. The number of benzene rings is 3. The Hall–Kier alpha value is -4.90. The number of carbonyl (C=O) groups excluding carboxylic acids is 4. The molecule has 3 aromatic carbocycles. The molecule has 1 atom stereocenters. The average molecular weight is 577 g/mol. The van der Waals surface area contributed by atoms with E-state index in [1.165, 1.54) is 44.6 Å². The first kappa shape index (κ1) is 30.1. The number of imide groups is 1. The Balaban J connectivity index is 1.31. The standard InChI is InChI=1S/C31H32N2O9/c1-38-25-11-5-19(15-27(25)40-3)13-14-32-23-17-29(35)33(30(23)36)22-9-6-20(7-10-22)31(37)42-18-24(34)21-8-12-26(39-2)28(16-21)41-4/h5-12,15-16,23,32H,13-14,17-18H2,1-4H3. The molecule has 0 aliphatic carbocycles. The topological polar surface area (TPSA) is 130 Å². The van der Waals surface area contributed by atoms with E-state index in [1.807, 2.05) is 18.2 Å². The van der Waals surface area contributed by atoms with Crippen molar-refractivity contribution < 1.29 is 42.9 Å². The summed E-state index contributed by atoms with van der Waals surface area (Å²) in [5, 5.41) is 3.16. The lowest BCUT2D eigenvalue weighted by molar-refractivity contribution is -0.121. The van der Waals surface area contributed by atoms with Gasteiger partial charge in [-0.2, -0.15) is 0 Å². The van der Waals surface area contributed by atoms with Gasteiger partial charge in [-0.25, -0.2) is 9.69 Å². The van der Waals surface area contributed by atoms with Gasteiger partial charge in [-0.05, 0) is 73.1 Å². The fourth-order valence-corrected chi connectivity index (χ4v) is 4.54. The smallest absolute Gasteiger partial charge is 0.338 e. The number of Topliss-reactive ketones (excluding diaryl/α,β-unsaturated/α-hetero) is 1. The molecule has 1 saturated heterocycles. The van der Waals surface area contributed by atoms with Crippen LogP contribution in [0.5, 0.6) is 23.0 Å². The van der Waals surface area contributed by atoms with Crippen LogP contribution >= 0.6 is 0 Å². The third-order valence-electron chi connectivity index (χ3n) is 6.80. The first-order chi connectivity index (χ1) is 20.3. The van der Waals surface area contributed by atoms with Crippen LogP contribution in [0.15, 0.2) is 60.7 Å². The fraction of sp³-hybridized carbons (Fsp3) is 0.290. The van der Waals surface area contributed by atoms with Crippen LogP contribution in [0.3, 0.4) is 0 Å². The van der Waals surface area contributed by atoms with Gasteiger partial charge in [0.05, 0.1) is 52.2 Å². The molecular formula is C31H32N2O9. The monoisotopic (exact) mass is 576 g/mol. The third-order valence-corrected chi connectivity index (χ3v) is 6.80. The molecule has 1 aliphatic heterocycles. The van der Waals surface area contributed by atoms with Crippen molar-refractivity contribution in [1.82, 2.24) is 5.32 Å². The van der Waals surface area contributed by atoms with Gasteiger partial charge in [0, 0.05) is 5.56 Å². The number of ether oxygens (including phenoxy) is 5. The van der Waals surface area contributed by atoms with E-state index in [0.29, 0.717) is 47.2 Å². The van der Waals surface area contributed by atoms with Crippen LogP contribution in [0, 0.1) is 0 Å². The van der Waals surface area contributed by atoms with E-state index in [0.717, 1.165) is 10.5 Å². The van der Waals surface area contributed by atoms with Crippen LogP contribution in [0.4, 0.5) is 5.69 Å². The molecule has 2 amide bonds. The number of hydrogen-bond donors (Lipinski definition) is 1. The summed E-state index contributed by atoms with van der Waals surface area (Å²) >= 11 is 0. The highest BCUT2D eigenvalue weighted by Crippen LogP contribution is 2.29. The molecule has 42 heavy (non-hydrogen) atoms. The molecule has 0 spiro atoms. The third kappa shape index (κ3) is 6.69. The molecule has 4 rings (SSSR count). The zero-order valence-corrected chi connectivity index (χ0v) is 23.8. The van der Waals surface area contributed by atoms with Crippen molar-refractivity contribution in [2.45, 2.75) is 18.9 Å². The van der Waals surface area contributed by atoms with Crippen LogP contribution in [-0.2, 0) is 20.7 Å². The maximum Gasteiger partial charge on any atom is 0.338 e. The molecular weight excluding hydrogens is 544 g/mol. The summed E-state index contributed by atoms with van der Waals surface area (Å²) in [7, 11) is 6.08. The van der Waals surface area contributed by atoms with Gasteiger partial charge in [0.2, 0.25) is 5.91 Å². The van der Waals surface area contributed by atoms with Gasteiger partial charge >= 0.3 is 5.97 Å². The predicted molar refractivity (Wildman–Crippen MR) is 153 cm³/mol. The number of hydrogen-bond acceptors (Lipinski definition) is 10. The Kier molecular flexibility index (Phi) is 9.77. The van der Waals surface area contributed by atoms with Gasteiger partial charge in [0.25, 0.3) is 5.91 Å².